The highest BCUT2D eigenvalue weighted by Crippen LogP contribution is 2.38. The van der Waals surface area contributed by atoms with Crippen LogP contribution in [0, 0.1) is 6.92 Å². The molecular formula is C18H19F3N4O. The number of urea groups is 1. The second kappa shape index (κ2) is 6.03. The third-order valence-corrected chi connectivity index (χ3v) is 5.25. The van der Waals surface area contributed by atoms with Gasteiger partial charge in [0.2, 0.25) is 0 Å². The Bertz CT molecular complexity index is 831. The molecule has 2 aromatic rings. The fourth-order valence-electron chi connectivity index (χ4n) is 3.91. The second-order valence-electron chi connectivity index (χ2n) is 6.95. The van der Waals surface area contributed by atoms with Gasteiger partial charge in [-0.3, -0.25) is 0 Å². The third kappa shape index (κ3) is 2.93. The molecule has 0 aliphatic carbocycles. The average molecular weight is 364 g/mol. The molecule has 2 amide bonds. The van der Waals surface area contributed by atoms with Crippen molar-refractivity contribution in [1.29, 1.82) is 0 Å². The molecule has 2 aliphatic rings. The summed E-state index contributed by atoms with van der Waals surface area (Å²) in [5.74, 6) is 0. The Morgan fingerprint density at radius 2 is 1.96 bits per heavy atom. The number of fused-ring (bicyclic) bond motifs is 2. The van der Waals surface area contributed by atoms with Crippen molar-refractivity contribution in [2.24, 2.45) is 0 Å². The third-order valence-electron chi connectivity index (χ3n) is 5.25. The molecule has 8 heteroatoms. The first-order valence-corrected chi connectivity index (χ1v) is 8.66. The zero-order valence-electron chi connectivity index (χ0n) is 14.3. The van der Waals surface area contributed by atoms with Crippen molar-refractivity contribution < 1.29 is 18.0 Å². The number of anilines is 1. The number of halogens is 3. The number of alkyl halides is 3. The van der Waals surface area contributed by atoms with Crippen LogP contribution in [0.5, 0.6) is 0 Å². The largest absolute Gasteiger partial charge is 0.504 e. The molecule has 0 radical (unpaired) electrons. The number of hydrogen-bond donors (Lipinski definition) is 1. The molecule has 3 heterocycles. The van der Waals surface area contributed by atoms with Crippen LogP contribution in [0.15, 0.2) is 30.5 Å². The average Bonchev–Trinajstić information content (AvgIpc) is 3.07. The summed E-state index contributed by atoms with van der Waals surface area (Å²) in [6, 6.07) is 7.03. The smallest absolute Gasteiger partial charge is 0.318 e. The maximum atomic E-state index is 12.8. The summed E-state index contributed by atoms with van der Waals surface area (Å²) >= 11 is 0. The van der Waals surface area contributed by atoms with E-state index in [1.807, 2.05) is 4.90 Å². The van der Waals surface area contributed by atoms with Crippen LogP contribution in [0.2, 0.25) is 0 Å². The molecule has 2 aliphatic heterocycles. The molecule has 2 bridgehead atoms. The Morgan fingerprint density at radius 1 is 1.23 bits per heavy atom. The van der Waals surface area contributed by atoms with Gasteiger partial charge in [0.15, 0.2) is 0 Å². The molecule has 2 fully saturated rings. The normalized spacial score (nSPS) is 22.1. The van der Waals surface area contributed by atoms with E-state index in [4.69, 9.17) is 0 Å². The van der Waals surface area contributed by atoms with Gasteiger partial charge in [-0.25, -0.2) is 4.79 Å². The molecule has 138 valence electrons. The molecular weight excluding hydrogens is 345 g/mol. The van der Waals surface area contributed by atoms with Crippen molar-refractivity contribution in [3.63, 3.8) is 0 Å². The fourth-order valence-corrected chi connectivity index (χ4v) is 3.91. The zero-order chi connectivity index (χ0) is 18.5. The number of carbonyl (C=O) groups is 1. The summed E-state index contributed by atoms with van der Waals surface area (Å²) in [5.41, 5.74) is 2.13. The lowest BCUT2D eigenvalue weighted by Gasteiger charge is -2.52. The summed E-state index contributed by atoms with van der Waals surface area (Å²) < 4.78 is 38.2. The van der Waals surface area contributed by atoms with Gasteiger partial charge < -0.3 is 10.2 Å². The van der Waals surface area contributed by atoms with Crippen LogP contribution in [0.4, 0.5) is 23.7 Å². The van der Waals surface area contributed by atoms with E-state index in [0.29, 0.717) is 23.3 Å². The number of hydrogen-bond acceptors (Lipinski definition) is 2. The van der Waals surface area contributed by atoms with Crippen molar-refractivity contribution in [2.75, 3.05) is 5.32 Å². The van der Waals surface area contributed by atoms with Crippen LogP contribution in [0.25, 0.3) is 11.3 Å². The van der Waals surface area contributed by atoms with E-state index in [2.05, 4.69) is 10.4 Å². The van der Waals surface area contributed by atoms with Crippen LogP contribution >= 0.6 is 0 Å². The van der Waals surface area contributed by atoms with Crippen LogP contribution in [-0.2, 0) is 6.30 Å². The number of piperidine rings is 1. The van der Waals surface area contributed by atoms with E-state index in [0.717, 1.165) is 37.4 Å². The SMILES string of the molecule is Cc1ccc(NC(=O)N2C3CCCC2C3)cc1-c1ccn(C(F)(F)F)n1. The molecule has 1 aromatic heterocycles. The van der Waals surface area contributed by atoms with Crippen molar-refractivity contribution in [3.05, 3.63) is 36.0 Å². The lowest BCUT2D eigenvalue weighted by Crippen LogP contribution is -2.62. The Hall–Kier alpha value is -2.51. The molecule has 2 unspecified atom stereocenters. The van der Waals surface area contributed by atoms with E-state index in [1.54, 1.807) is 25.1 Å². The van der Waals surface area contributed by atoms with Gasteiger partial charge in [-0.2, -0.15) is 9.78 Å². The highest BCUT2D eigenvalue weighted by molar-refractivity contribution is 5.91. The predicted molar refractivity (Wildman–Crippen MR) is 90.6 cm³/mol. The first-order valence-electron chi connectivity index (χ1n) is 8.66. The monoisotopic (exact) mass is 364 g/mol. The van der Waals surface area contributed by atoms with Gasteiger partial charge in [0, 0.05) is 29.5 Å². The van der Waals surface area contributed by atoms with E-state index < -0.39 is 6.30 Å². The van der Waals surface area contributed by atoms with Crippen molar-refractivity contribution in [2.45, 2.75) is 51.0 Å². The number of nitrogens with one attached hydrogen (secondary N) is 1. The highest BCUT2D eigenvalue weighted by Gasteiger charge is 2.44. The van der Waals surface area contributed by atoms with Gasteiger partial charge in [-0.05, 0) is 56.4 Å². The van der Waals surface area contributed by atoms with Crippen molar-refractivity contribution in [1.82, 2.24) is 14.7 Å². The molecule has 0 spiro atoms. The standard InChI is InChI=1S/C18H19F3N4O/c1-11-5-6-12(22-17(26)25-13-3-2-4-14(25)10-13)9-15(11)16-7-8-24(23-16)18(19,20)21/h5-9,13-14H,2-4,10H2,1H3,(H,22,26). The number of rotatable bonds is 2. The minimum atomic E-state index is -4.55. The highest BCUT2D eigenvalue weighted by atomic mass is 19.4. The number of aryl methyl sites for hydroxylation is 1. The van der Waals surface area contributed by atoms with Crippen LogP contribution in [-0.4, -0.2) is 32.8 Å². The first-order chi connectivity index (χ1) is 12.3. The van der Waals surface area contributed by atoms with E-state index in [-0.39, 0.29) is 16.4 Å². The van der Waals surface area contributed by atoms with Gasteiger partial charge >= 0.3 is 12.3 Å². The van der Waals surface area contributed by atoms with Gasteiger partial charge in [0.25, 0.3) is 0 Å². The topological polar surface area (TPSA) is 50.2 Å². The van der Waals surface area contributed by atoms with Crippen LogP contribution in [0.3, 0.4) is 0 Å². The molecule has 2 saturated heterocycles. The summed E-state index contributed by atoms with van der Waals surface area (Å²) in [4.78, 5) is 14.4. The Morgan fingerprint density at radius 3 is 2.58 bits per heavy atom. The summed E-state index contributed by atoms with van der Waals surface area (Å²) in [6.07, 6.45) is 0.654. The van der Waals surface area contributed by atoms with Gasteiger partial charge in [-0.1, -0.05) is 6.07 Å². The number of carbonyl (C=O) groups excluding carboxylic acids is 1. The predicted octanol–water partition coefficient (Wildman–Crippen LogP) is 4.49. The minimum Gasteiger partial charge on any atom is -0.318 e. The van der Waals surface area contributed by atoms with Gasteiger partial charge in [0.1, 0.15) is 0 Å². The molecule has 1 N–H and O–H groups in total. The van der Waals surface area contributed by atoms with E-state index in [9.17, 15) is 18.0 Å². The van der Waals surface area contributed by atoms with Gasteiger partial charge in [-0.15, -0.1) is 13.2 Å². The Labute approximate surface area is 148 Å². The molecule has 1 aromatic carbocycles. The van der Waals surface area contributed by atoms with Crippen LogP contribution < -0.4 is 5.32 Å². The fraction of sp³-hybridized carbons (Fsp3) is 0.444. The Balaban J connectivity index is 1.55. The maximum Gasteiger partial charge on any atom is 0.504 e. The summed E-state index contributed by atoms with van der Waals surface area (Å²) in [6.45, 7) is 1.80. The maximum absolute atomic E-state index is 12.8. The lowest BCUT2D eigenvalue weighted by molar-refractivity contribution is -0.212. The molecule has 26 heavy (non-hydrogen) atoms. The number of aromatic nitrogens is 2. The Kier molecular flexibility index (Phi) is 3.93. The van der Waals surface area contributed by atoms with Crippen molar-refractivity contribution >= 4 is 11.7 Å². The van der Waals surface area contributed by atoms with Gasteiger partial charge in [0.05, 0.1) is 5.69 Å². The molecule has 5 nitrogen and oxygen atoms in total. The second-order valence-corrected chi connectivity index (χ2v) is 6.95. The van der Waals surface area contributed by atoms with Crippen LogP contribution in [0.1, 0.15) is 31.2 Å². The molecule has 4 rings (SSSR count). The van der Waals surface area contributed by atoms with E-state index in [1.165, 1.54) is 6.07 Å². The first kappa shape index (κ1) is 16.9. The minimum absolute atomic E-state index is 0.0196. The number of benzene rings is 1. The summed E-state index contributed by atoms with van der Waals surface area (Å²) in [5, 5.41) is 6.49. The molecule has 2 atom stereocenters. The number of amides is 2. The zero-order valence-corrected chi connectivity index (χ0v) is 14.3. The van der Waals surface area contributed by atoms with Crippen molar-refractivity contribution in [3.8, 4) is 11.3 Å². The lowest BCUT2D eigenvalue weighted by atomic mass is 9.80. The number of nitrogens with zero attached hydrogens (tertiary/aromatic N) is 3. The molecule has 0 saturated carbocycles. The quantitative estimate of drug-likeness (QED) is 0.853. The van der Waals surface area contributed by atoms with E-state index >= 15 is 0 Å². The summed E-state index contributed by atoms with van der Waals surface area (Å²) in [7, 11) is 0.